The van der Waals surface area contributed by atoms with Crippen LogP contribution >= 0.6 is 11.8 Å². The largest absolute Gasteiger partial charge is 0.481 e. The standard InChI is InChI=1S/C13H18N2O3S/c1-9(7-12(16)17)8-14-13(18)15-10-5-3-4-6-11(10)19-2/h3-6,9H,7-8H2,1-2H3,(H,16,17)(H2,14,15,18). The summed E-state index contributed by atoms with van der Waals surface area (Å²) in [5.74, 6) is -0.957. The van der Waals surface area contributed by atoms with Gasteiger partial charge in [-0.15, -0.1) is 11.8 Å². The molecule has 0 heterocycles. The number of thioether (sulfide) groups is 1. The number of carboxylic acids is 1. The normalized spacial score (nSPS) is 11.7. The summed E-state index contributed by atoms with van der Waals surface area (Å²) in [4.78, 5) is 23.2. The fourth-order valence-electron chi connectivity index (χ4n) is 1.55. The highest BCUT2D eigenvalue weighted by Crippen LogP contribution is 2.24. The average molecular weight is 282 g/mol. The maximum Gasteiger partial charge on any atom is 0.319 e. The van der Waals surface area contributed by atoms with Gasteiger partial charge in [-0.3, -0.25) is 4.79 Å². The Kier molecular flexibility index (Phi) is 6.21. The van der Waals surface area contributed by atoms with Crippen LogP contribution in [0.2, 0.25) is 0 Å². The lowest BCUT2D eigenvalue weighted by atomic mass is 10.1. The Morgan fingerprint density at radius 3 is 2.68 bits per heavy atom. The number of carbonyl (C=O) groups excluding carboxylic acids is 1. The number of aliphatic carboxylic acids is 1. The Morgan fingerprint density at radius 1 is 1.37 bits per heavy atom. The molecule has 0 spiro atoms. The first-order valence-corrected chi connectivity index (χ1v) is 7.15. The molecule has 1 unspecified atom stereocenters. The third-order valence-electron chi connectivity index (χ3n) is 2.49. The molecule has 0 saturated carbocycles. The summed E-state index contributed by atoms with van der Waals surface area (Å²) in [6.45, 7) is 2.11. The second kappa shape index (κ2) is 7.68. The van der Waals surface area contributed by atoms with E-state index in [9.17, 15) is 9.59 Å². The monoisotopic (exact) mass is 282 g/mol. The predicted molar refractivity (Wildman–Crippen MR) is 76.7 cm³/mol. The number of benzene rings is 1. The van der Waals surface area contributed by atoms with Gasteiger partial charge in [-0.25, -0.2) is 4.79 Å². The van der Waals surface area contributed by atoms with E-state index in [1.54, 1.807) is 18.7 Å². The molecule has 0 aliphatic heterocycles. The van der Waals surface area contributed by atoms with Crippen LogP contribution < -0.4 is 10.6 Å². The lowest BCUT2D eigenvalue weighted by Gasteiger charge is -2.13. The van der Waals surface area contributed by atoms with Gasteiger partial charge in [0.25, 0.3) is 0 Å². The SMILES string of the molecule is CSc1ccccc1NC(=O)NCC(C)CC(=O)O. The van der Waals surface area contributed by atoms with Crippen LogP contribution in [0.25, 0.3) is 0 Å². The molecule has 6 heteroatoms. The van der Waals surface area contributed by atoms with E-state index in [1.165, 1.54) is 0 Å². The molecule has 0 aliphatic carbocycles. The van der Waals surface area contributed by atoms with Crippen LogP contribution in [0.15, 0.2) is 29.2 Å². The molecule has 1 aromatic carbocycles. The molecular weight excluding hydrogens is 264 g/mol. The number of carboxylic acid groups (broad SMARTS) is 1. The Bertz CT molecular complexity index is 451. The summed E-state index contributed by atoms with van der Waals surface area (Å²) in [6.07, 6.45) is 1.98. The maximum atomic E-state index is 11.7. The van der Waals surface area contributed by atoms with Crippen molar-refractivity contribution in [3.05, 3.63) is 24.3 Å². The van der Waals surface area contributed by atoms with Crippen molar-refractivity contribution in [2.24, 2.45) is 5.92 Å². The third kappa shape index (κ3) is 5.65. The van der Waals surface area contributed by atoms with Crippen molar-refractivity contribution in [2.45, 2.75) is 18.2 Å². The van der Waals surface area contributed by atoms with Crippen molar-refractivity contribution in [3.63, 3.8) is 0 Å². The van der Waals surface area contributed by atoms with Crippen LogP contribution in [0.4, 0.5) is 10.5 Å². The molecule has 3 N–H and O–H groups in total. The van der Waals surface area contributed by atoms with Crippen LogP contribution in [-0.2, 0) is 4.79 Å². The first-order chi connectivity index (χ1) is 9.02. The fraction of sp³-hybridized carbons (Fsp3) is 0.385. The summed E-state index contributed by atoms with van der Waals surface area (Å²) < 4.78 is 0. The highest BCUT2D eigenvalue weighted by Gasteiger charge is 2.10. The van der Waals surface area contributed by atoms with Gasteiger partial charge in [-0.2, -0.15) is 0 Å². The van der Waals surface area contributed by atoms with Gasteiger partial charge < -0.3 is 15.7 Å². The summed E-state index contributed by atoms with van der Waals surface area (Å²) in [5.41, 5.74) is 0.749. The Hall–Kier alpha value is -1.69. The van der Waals surface area contributed by atoms with E-state index < -0.39 is 5.97 Å². The molecule has 0 bridgehead atoms. The Balaban J connectivity index is 2.45. The molecule has 1 rings (SSSR count). The summed E-state index contributed by atoms with van der Waals surface area (Å²) in [7, 11) is 0. The number of nitrogens with one attached hydrogen (secondary N) is 2. The van der Waals surface area contributed by atoms with Crippen LogP contribution in [0.1, 0.15) is 13.3 Å². The van der Waals surface area contributed by atoms with Gasteiger partial charge >= 0.3 is 12.0 Å². The summed E-state index contributed by atoms with van der Waals surface area (Å²) >= 11 is 1.55. The highest BCUT2D eigenvalue weighted by atomic mass is 32.2. The third-order valence-corrected chi connectivity index (χ3v) is 3.29. The second-order valence-electron chi connectivity index (χ2n) is 4.24. The second-order valence-corrected chi connectivity index (χ2v) is 5.09. The predicted octanol–water partition coefficient (Wildman–Crippen LogP) is 2.64. The molecule has 0 radical (unpaired) electrons. The molecule has 0 aliphatic rings. The van der Waals surface area contributed by atoms with Crippen molar-refractivity contribution in [3.8, 4) is 0 Å². The zero-order valence-electron chi connectivity index (χ0n) is 11.0. The molecule has 19 heavy (non-hydrogen) atoms. The lowest BCUT2D eigenvalue weighted by Crippen LogP contribution is -2.33. The Morgan fingerprint density at radius 2 is 2.05 bits per heavy atom. The number of hydrogen-bond acceptors (Lipinski definition) is 3. The molecule has 1 aromatic rings. The maximum absolute atomic E-state index is 11.7. The fourth-order valence-corrected chi connectivity index (χ4v) is 2.11. The van der Waals surface area contributed by atoms with Crippen molar-refractivity contribution in [1.82, 2.24) is 5.32 Å². The van der Waals surface area contributed by atoms with Crippen LogP contribution in [0.3, 0.4) is 0 Å². The molecule has 0 saturated heterocycles. The highest BCUT2D eigenvalue weighted by molar-refractivity contribution is 7.98. The van der Waals surface area contributed by atoms with Gasteiger partial charge in [0.05, 0.1) is 5.69 Å². The smallest absolute Gasteiger partial charge is 0.319 e. The quantitative estimate of drug-likeness (QED) is 0.701. The van der Waals surface area contributed by atoms with Crippen LogP contribution in [-0.4, -0.2) is 29.9 Å². The minimum atomic E-state index is -0.859. The van der Waals surface area contributed by atoms with Crippen LogP contribution in [0.5, 0.6) is 0 Å². The van der Waals surface area contributed by atoms with Crippen molar-refractivity contribution in [1.29, 1.82) is 0 Å². The lowest BCUT2D eigenvalue weighted by molar-refractivity contribution is -0.137. The topological polar surface area (TPSA) is 78.4 Å². The first kappa shape index (κ1) is 15.4. The summed E-state index contributed by atoms with van der Waals surface area (Å²) in [5, 5.41) is 14.0. The molecule has 5 nitrogen and oxygen atoms in total. The van der Waals surface area contributed by atoms with Crippen molar-refractivity contribution >= 4 is 29.4 Å². The van der Waals surface area contributed by atoms with Gasteiger partial charge in [-0.1, -0.05) is 19.1 Å². The van der Waals surface area contributed by atoms with E-state index in [-0.39, 0.29) is 18.4 Å². The number of amides is 2. The minimum Gasteiger partial charge on any atom is -0.481 e. The molecule has 0 fully saturated rings. The molecule has 2 amide bonds. The summed E-state index contributed by atoms with van der Waals surface area (Å²) in [6, 6.07) is 7.19. The molecule has 104 valence electrons. The van der Waals surface area contributed by atoms with E-state index in [2.05, 4.69) is 10.6 Å². The number of urea groups is 1. The van der Waals surface area contributed by atoms with E-state index in [4.69, 9.17) is 5.11 Å². The average Bonchev–Trinajstić information content (AvgIpc) is 2.36. The Labute approximate surface area is 116 Å². The number of rotatable bonds is 6. The number of anilines is 1. The van der Waals surface area contributed by atoms with Gasteiger partial charge in [0, 0.05) is 17.9 Å². The first-order valence-electron chi connectivity index (χ1n) is 5.92. The van der Waals surface area contributed by atoms with E-state index in [0.29, 0.717) is 6.54 Å². The van der Waals surface area contributed by atoms with Gasteiger partial charge in [0.1, 0.15) is 0 Å². The van der Waals surface area contributed by atoms with Crippen molar-refractivity contribution in [2.75, 3.05) is 18.1 Å². The zero-order chi connectivity index (χ0) is 14.3. The molecular formula is C13H18N2O3S. The number of para-hydroxylation sites is 1. The van der Waals surface area contributed by atoms with Gasteiger partial charge in [-0.05, 0) is 24.3 Å². The zero-order valence-corrected chi connectivity index (χ0v) is 11.8. The van der Waals surface area contributed by atoms with Crippen molar-refractivity contribution < 1.29 is 14.7 Å². The van der Waals surface area contributed by atoms with Crippen LogP contribution in [0, 0.1) is 5.92 Å². The van der Waals surface area contributed by atoms with E-state index in [0.717, 1.165) is 10.6 Å². The number of hydrogen-bond donors (Lipinski definition) is 3. The minimum absolute atomic E-state index is 0.0433. The molecule has 0 aromatic heterocycles. The van der Waals surface area contributed by atoms with E-state index >= 15 is 0 Å². The van der Waals surface area contributed by atoms with E-state index in [1.807, 2.05) is 30.5 Å². The van der Waals surface area contributed by atoms with Gasteiger partial charge in [0.15, 0.2) is 0 Å². The van der Waals surface area contributed by atoms with Gasteiger partial charge in [0.2, 0.25) is 0 Å². The number of carbonyl (C=O) groups is 2. The molecule has 1 atom stereocenters.